The van der Waals surface area contributed by atoms with Crippen molar-refractivity contribution >= 4 is 22.6 Å². The molecule has 2 aromatic heterocycles. The van der Waals surface area contributed by atoms with E-state index in [1.54, 1.807) is 15.4 Å². The molecule has 2 aliphatic rings. The van der Waals surface area contributed by atoms with Gasteiger partial charge in [-0.2, -0.15) is 0 Å². The van der Waals surface area contributed by atoms with Gasteiger partial charge in [0.15, 0.2) is 0 Å². The predicted molar refractivity (Wildman–Crippen MR) is 122 cm³/mol. The van der Waals surface area contributed by atoms with Crippen molar-refractivity contribution in [1.82, 2.24) is 24.5 Å². The van der Waals surface area contributed by atoms with Gasteiger partial charge in [-0.3, -0.25) is 14.0 Å². The number of nitrogens with zero attached hydrogens (tertiary/aromatic N) is 4. The van der Waals surface area contributed by atoms with Gasteiger partial charge in [0.05, 0.1) is 11.0 Å². The highest BCUT2D eigenvalue weighted by molar-refractivity contribution is 5.99. The fourth-order valence-corrected chi connectivity index (χ4v) is 5.28. The lowest BCUT2D eigenvalue weighted by Crippen LogP contribution is -2.26. The van der Waals surface area contributed by atoms with E-state index >= 15 is 0 Å². The quantitative estimate of drug-likeness (QED) is 0.480. The summed E-state index contributed by atoms with van der Waals surface area (Å²) in [5.74, 6) is -2.44. The number of benzene rings is 2. The number of carbonyl (C=O) groups is 1. The van der Waals surface area contributed by atoms with Gasteiger partial charge in [0.2, 0.25) is 11.6 Å². The van der Waals surface area contributed by atoms with Gasteiger partial charge < -0.3 is 9.88 Å². The number of aromatic nitrogens is 4. The van der Waals surface area contributed by atoms with Crippen LogP contribution >= 0.6 is 0 Å². The number of amides is 1. The van der Waals surface area contributed by atoms with Gasteiger partial charge in [0, 0.05) is 37.4 Å². The number of fused-ring (bicyclic) bond motifs is 4. The third kappa shape index (κ3) is 3.29. The molecule has 1 fully saturated rings. The molecule has 1 saturated carbocycles. The Morgan fingerprint density at radius 1 is 1.09 bits per heavy atom. The maximum absolute atomic E-state index is 13.7. The number of hydrogen-bond donors (Lipinski definition) is 1. The van der Waals surface area contributed by atoms with Crippen LogP contribution in [0.4, 0.5) is 8.78 Å². The molecule has 34 heavy (non-hydrogen) atoms. The van der Waals surface area contributed by atoms with Crippen LogP contribution in [0.1, 0.15) is 64.5 Å². The summed E-state index contributed by atoms with van der Waals surface area (Å²) in [7, 11) is 0. The van der Waals surface area contributed by atoms with Crippen LogP contribution in [0.2, 0.25) is 0 Å². The van der Waals surface area contributed by atoms with Crippen molar-refractivity contribution in [3.63, 3.8) is 0 Å². The lowest BCUT2D eigenvalue weighted by molar-refractivity contribution is -0.0388. The molecule has 9 heteroatoms. The molecule has 7 nitrogen and oxygen atoms in total. The lowest BCUT2D eigenvalue weighted by Gasteiger charge is -2.27. The highest BCUT2D eigenvalue weighted by Crippen LogP contribution is 2.40. The topological polar surface area (TPSA) is 83.4 Å². The van der Waals surface area contributed by atoms with Crippen molar-refractivity contribution < 1.29 is 13.6 Å². The van der Waals surface area contributed by atoms with Crippen molar-refractivity contribution in [3.05, 3.63) is 74.8 Å². The van der Waals surface area contributed by atoms with E-state index in [1.165, 1.54) is 0 Å². The molecule has 0 saturated heterocycles. The van der Waals surface area contributed by atoms with Crippen molar-refractivity contribution in [3.8, 4) is 0 Å². The molecule has 0 atom stereocenters. The molecule has 0 bridgehead atoms. The summed E-state index contributed by atoms with van der Waals surface area (Å²) >= 11 is 0. The summed E-state index contributed by atoms with van der Waals surface area (Å²) < 4.78 is 29.1. The zero-order valence-corrected chi connectivity index (χ0v) is 18.6. The van der Waals surface area contributed by atoms with Gasteiger partial charge in [-0.25, -0.2) is 8.78 Å². The van der Waals surface area contributed by atoms with Crippen molar-refractivity contribution in [1.29, 1.82) is 0 Å². The van der Waals surface area contributed by atoms with Gasteiger partial charge in [-0.1, -0.05) is 24.3 Å². The second kappa shape index (κ2) is 7.44. The van der Waals surface area contributed by atoms with E-state index in [0.717, 1.165) is 16.7 Å². The minimum atomic E-state index is -2.66. The molecule has 1 aliphatic carbocycles. The number of carbonyl (C=O) groups excluding carboxylic acids is 1. The lowest BCUT2D eigenvalue weighted by atomic mass is 9.86. The monoisotopic (exact) mass is 463 g/mol. The molecular weight excluding hydrogens is 440 g/mol. The zero-order chi connectivity index (χ0) is 23.6. The van der Waals surface area contributed by atoms with Gasteiger partial charge in [0.1, 0.15) is 5.82 Å². The van der Waals surface area contributed by atoms with E-state index in [0.29, 0.717) is 35.5 Å². The highest BCUT2D eigenvalue weighted by Gasteiger charge is 2.37. The normalized spacial score (nSPS) is 18.0. The molecule has 6 rings (SSSR count). The second-order valence-electron chi connectivity index (χ2n) is 9.42. The number of hydrogen-bond acceptors (Lipinski definition) is 4. The Hall–Kier alpha value is -3.62. The molecule has 1 aliphatic heterocycles. The Balaban J connectivity index is 1.42. The van der Waals surface area contributed by atoms with Gasteiger partial charge in [-0.15, -0.1) is 10.2 Å². The Morgan fingerprint density at radius 3 is 2.44 bits per heavy atom. The Labute approximate surface area is 193 Å². The van der Waals surface area contributed by atoms with Crippen molar-refractivity contribution in [2.45, 2.75) is 57.5 Å². The van der Waals surface area contributed by atoms with E-state index < -0.39 is 11.5 Å². The van der Waals surface area contributed by atoms with Crippen LogP contribution in [0, 0.1) is 6.92 Å². The second-order valence-corrected chi connectivity index (χ2v) is 9.42. The molecule has 174 valence electrons. The largest absolute Gasteiger partial charge is 0.330 e. The number of aryl methyl sites for hydroxylation is 1. The molecule has 2 aromatic carbocycles. The Kier molecular flexibility index (Phi) is 4.59. The first-order chi connectivity index (χ1) is 16.3. The number of aromatic amines is 1. The maximum atomic E-state index is 13.7. The smallest absolute Gasteiger partial charge is 0.294 e. The van der Waals surface area contributed by atoms with Crippen LogP contribution in [-0.4, -0.2) is 36.3 Å². The van der Waals surface area contributed by atoms with Crippen molar-refractivity contribution in [2.75, 3.05) is 0 Å². The predicted octanol–water partition coefficient (Wildman–Crippen LogP) is 4.33. The van der Waals surface area contributed by atoms with Crippen LogP contribution in [0.15, 0.2) is 41.2 Å². The summed E-state index contributed by atoms with van der Waals surface area (Å²) in [5.41, 5.74) is 4.40. The first-order valence-electron chi connectivity index (χ1n) is 11.5. The summed E-state index contributed by atoms with van der Waals surface area (Å²) in [6, 6.07) is 11.5. The molecule has 1 N–H and O–H groups in total. The zero-order valence-electron chi connectivity index (χ0n) is 18.6. The standard InChI is InChI=1S/C25H23F2N5O2/c1-14-10-20-19(11-18(14)24(34)31-12-16-4-2-3-5-17(16)13-31)28-23(33)22-30-29-21(32(20)22)15-6-8-25(26,27)9-7-15/h2-5,10-11,15H,6-9,12-13H2,1H3,(H,28,33). The van der Waals surface area contributed by atoms with Crippen molar-refractivity contribution in [2.24, 2.45) is 0 Å². The Morgan fingerprint density at radius 2 is 1.76 bits per heavy atom. The molecule has 3 heterocycles. The van der Waals surface area contributed by atoms with Crippen LogP contribution < -0.4 is 5.56 Å². The van der Waals surface area contributed by atoms with E-state index in [1.807, 2.05) is 37.3 Å². The first-order valence-corrected chi connectivity index (χ1v) is 11.5. The molecule has 4 aromatic rings. The highest BCUT2D eigenvalue weighted by atomic mass is 19.3. The fourth-order valence-electron chi connectivity index (χ4n) is 5.28. The van der Waals surface area contributed by atoms with Crippen LogP contribution in [0.5, 0.6) is 0 Å². The molecule has 0 spiro atoms. The van der Waals surface area contributed by atoms with E-state index in [9.17, 15) is 18.4 Å². The van der Waals surface area contributed by atoms with Gasteiger partial charge >= 0.3 is 0 Å². The average Bonchev–Trinajstić information content (AvgIpc) is 3.44. The SMILES string of the molecule is Cc1cc2c(cc1C(=O)N1Cc3ccccc3C1)[nH]c(=O)c1nnc(C3CCC(F)(F)CC3)n12. The van der Waals surface area contributed by atoms with Crippen LogP contribution in [0.3, 0.4) is 0 Å². The molecule has 0 unspecified atom stereocenters. The third-order valence-electron chi connectivity index (χ3n) is 7.16. The average molecular weight is 463 g/mol. The fraction of sp³-hybridized carbons (Fsp3) is 0.360. The summed E-state index contributed by atoms with van der Waals surface area (Å²) in [6.07, 6.45) is 0.160. The van der Waals surface area contributed by atoms with Gasteiger partial charge in [0.25, 0.3) is 11.5 Å². The summed E-state index contributed by atoms with van der Waals surface area (Å²) in [5, 5.41) is 8.28. The third-order valence-corrected chi connectivity index (χ3v) is 7.16. The Bertz CT molecular complexity index is 1490. The minimum absolute atomic E-state index is 0.102. The van der Waals surface area contributed by atoms with E-state index in [2.05, 4.69) is 15.2 Å². The minimum Gasteiger partial charge on any atom is -0.330 e. The molecule has 0 radical (unpaired) electrons. The molecule has 1 amide bonds. The number of rotatable bonds is 2. The number of nitrogens with one attached hydrogen (secondary N) is 1. The summed E-state index contributed by atoms with van der Waals surface area (Å²) in [4.78, 5) is 30.8. The van der Waals surface area contributed by atoms with E-state index in [-0.39, 0.29) is 43.2 Å². The number of halogens is 2. The molecular formula is C25H23F2N5O2. The van der Waals surface area contributed by atoms with E-state index in [4.69, 9.17) is 0 Å². The maximum Gasteiger partial charge on any atom is 0.294 e. The van der Waals surface area contributed by atoms with Crippen LogP contribution in [0.25, 0.3) is 16.7 Å². The first kappa shape index (κ1) is 20.9. The van der Waals surface area contributed by atoms with Gasteiger partial charge in [-0.05, 0) is 48.6 Å². The van der Waals surface area contributed by atoms with Crippen LogP contribution in [-0.2, 0) is 13.1 Å². The number of alkyl halides is 2. The summed E-state index contributed by atoms with van der Waals surface area (Å²) in [6.45, 7) is 2.95. The number of H-pyrrole nitrogens is 1.